The monoisotopic (exact) mass is 405 g/mol. The first kappa shape index (κ1) is 19.3. The molecule has 1 aromatic heterocycles. The number of hydrogen-bond acceptors (Lipinski definition) is 4. The molecule has 1 unspecified atom stereocenters. The molecule has 27 heavy (non-hydrogen) atoms. The van der Waals surface area contributed by atoms with E-state index < -0.39 is 17.7 Å². The summed E-state index contributed by atoms with van der Waals surface area (Å²) in [6.07, 6.45) is 1.62. The molecule has 0 bridgehead atoms. The largest absolute Gasteiger partial charge is 0.496 e. The zero-order valence-corrected chi connectivity index (χ0v) is 16.3. The number of carbonyl (C=O) groups is 1. The van der Waals surface area contributed by atoms with Gasteiger partial charge in [-0.2, -0.15) is 0 Å². The fourth-order valence-electron chi connectivity index (χ4n) is 2.93. The van der Waals surface area contributed by atoms with Crippen molar-refractivity contribution in [1.82, 2.24) is 4.98 Å². The highest BCUT2D eigenvalue weighted by molar-refractivity contribution is 7.11. The van der Waals surface area contributed by atoms with Crippen molar-refractivity contribution in [1.29, 1.82) is 0 Å². The zero-order chi connectivity index (χ0) is 19.6. The number of aromatic nitrogens is 1. The molecule has 0 aliphatic rings. The van der Waals surface area contributed by atoms with Crippen LogP contribution in [0.1, 0.15) is 27.8 Å². The van der Waals surface area contributed by atoms with Crippen LogP contribution in [0.15, 0.2) is 42.6 Å². The van der Waals surface area contributed by atoms with Crippen LogP contribution in [0.4, 0.5) is 4.39 Å². The first-order valence-electron chi connectivity index (χ1n) is 8.16. The van der Waals surface area contributed by atoms with Crippen LogP contribution in [-0.2, 0) is 4.79 Å². The lowest BCUT2D eigenvalue weighted by Gasteiger charge is -2.16. The molecule has 0 aliphatic carbocycles. The number of rotatable bonds is 6. The number of halogens is 2. The summed E-state index contributed by atoms with van der Waals surface area (Å²) in [4.78, 5) is 16.8. The Kier molecular flexibility index (Phi) is 5.77. The number of benzene rings is 2. The second kappa shape index (κ2) is 8.06. The minimum absolute atomic E-state index is 0.104. The molecule has 3 rings (SSSR count). The van der Waals surface area contributed by atoms with Crippen molar-refractivity contribution in [2.24, 2.45) is 0 Å². The van der Waals surface area contributed by atoms with Crippen molar-refractivity contribution in [3.05, 3.63) is 68.9 Å². The van der Waals surface area contributed by atoms with Gasteiger partial charge in [0.15, 0.2) is 0 Å². The molecular formula is C20H17ClFNO3S. The standard InChI is InChI=1S/C20H17ClFNO3S/c1-11-10-23-20(27-11)17(9-19(24)25)13-5-12(6-14(21)7-13)16-4-3-15(22)8-18(16)26-2/h3-8,10,17H,9H2,1-2H3,(H,24,25). The third-order valence-electron chi connectivity index (χ3n) is 4.11. The first-order valence-corrected chi connectivity index (χ1v) is 9.35. The van der Waals surface area contributed by atoms with Gasteiger partial charge in [-0.3, -0.25) is 4.79 Å². The number of carboxylic acid groups (broad SMARTS) is 1. The second-order valence-electron chi connectivity index (χ2n) is 6.08. The molecule has 2 aromatic carbocycles. The Morgan fingerprint density at radius 3 is 2.74 bits per heavy atom. The Morgan fingerprint density at radius 1 is 1.33 bits per heavy atom. The molecule has 0 saturated carbocycles. The summed E-state index contributed by atoms with van der Waals surface area (Å²) in [5.41, 5.74) is 2.13. The fourth-order valence-corrected chi connectivity index (χ4v) is 4.07. The predicted octanol–water partition coefficient (Wildman–Crippen LogP) is 5.53. The quantitative estimate of drug-likeness (QED) is 0.586. The van der Waals surface area contributed by atoms with Gasteiger partial charge in [0.05, 0.1) is 13.5 Å². The third-order valence-corrected chi connectivity index (χ3v) is 5.36. The topological polar surface area (TPSA) is 59.4 Å². The van der Waals surface area contributed by atoms with Crippen LogP contribution >= 0.6 is 22.9 Å². The lowest BCUT2D eigenvalue weighted by atomic mass is 9.92. The van der Waals surface area contributed by atoms with Gasteiger partial charge < -0.3 is 9.84 Å². The molecule has 3 aromatic rings. The maximum absolute atomic E-state index is 13.5. The number of thiazole rings is 1. The third kappa shape index (κ3) is 4.46. The van der Waals surface area contributed by atoms with Crippen LogP contribution in [-0.4, -0.2) is 23.2 Å². The van der Waals surface area contributed by atoms with Crippen molar-refractivity contribution in [2.45, 2.75) is 19.3 Å². The van der Waals surface area contributed by atoms with Crippen molar-refractivity contribution >= 4 is 28.9 Å². The Bertz CT molecular complexity index is 989. The van der Waals surface area contributed by atoms with E-state index in [0.29, 0.717) is 21.3 Å². The van der Waals surface area contributed by atoms with Gasteiger partial charge in [-0.1, -0.05) is 17.7 Å². The SMILES string of the molecule is COc1cc(F)ccc1-c1cc(Cl)cc(C(CC(=O)O)c2ncc(C)s2)c1. The van der Waals surface area contributed by atoms with Crippen LogP contribution in [0.3, 0.4) is 0 Å². The summed E-state index contributed by atoms with van der Waals surface area (Å²) in [6.45, 7) is 1.92. The van der Waals surface area contributed by atoms with E-state index in [-0.39, 0.29) is 6.42 Å². The van der Waals surface area contributed by atoms with Gasteiger partial charge in [0.1, 0.15) is 16.6 Å². The van der Waals surface area contributed by atoms with Crippen molar-refractivity contribution < 1.29 is 19.0 Å². The zero-order valence-electron chi connectivity index (χ0n) is 14.7. The molecule has 0 radical (unpaired) electrons. The molecule has 1 atom stereocenters. The maximum atomic E-state index is 13.5. The van der Waals surface area contributed by atoms with Gasteiger partial charge in [0, 0.05) is 33.6 Å². The summed E-state index contributed by atoms with van der Waals surface area (Å²) in [5.74, 6) is -1.37. The molecule has 7 heteroatoms. The highest BCUT2D eigenvalue weighted by Crippen LogP contribution is 2.38. The minimum Gasteiger partial charge on any atom is -0.496 e. The fraction of sp³-hybridized carbons (Fsp3) is 0.200. The normalized spacial score (nSPS) is 12.0. The van der Waals surface area contributed by atoms with Crippen LogP contribution < -0.4 is 4.74 Å². The van der Waals surface area contributed by atoms with E-state index in [1.807, 2.05) is 13.0 Å². The number of nitrogens with zero attached hydrogens (tertiary/aromatic N) is 1. The average Bonchev–Trinajstić information content (AvgIpc) is 3.04. The van der Waals surface area contributed by atoms with Gasteiger partial charge in [-0.15, -0.1) is 11.3 Å². The van der Waals surface area contributed by atoms with Crippen LogP contribution in [0.25, 0.3) is 11.1 Å². The Balaban J connectivity index is 2.12. The van der Waals surface area contributed by atoms with Gasteiger partial charge in [0.25, 0.3) is 0 Å². The molecular weight excluding hydrogens is 389 g/mol. The Morgan fingerprint density at radius 2 is 2.11 bits per heavy atom. The van der Waals surface area contributed by atoms with E-state index in [1.54, 1.807) is 24.4 Å². The molecule has 0 amide bonds. The summed E-state index contributed by atoms with van der Waals surface area (Å²) < 4.78 is 18.8. The van der Waals surface area contributed by atoms with E-state index in [0.717, 1.165) is 16.0 Å². The van der Waals surface area contributed by atoms with Crippen molar-refractivity contribution in [3.8, 4) is 16.9 Å². The highest BCUT2D eigenvalue weighted by atomic mass is 35.5. The van der Waals surface area contributed by atoms with Gasteiger partial charge in [0.2, 0.25) is 0 Å². The number of aryl methyl sites for hydroxylation is 1. The lowest BCUT2D eigenvalue weighted by molar-refractivity contribution is -0.137. The van der Waals surface area contributed by atoms with Gasteiger partial charge in [-0.05, 0) is 42.3 Å². The van der Waals surface area contributed by atoms with E-state index in [1.165, 1.54) is 30.6 Å². The molecule has 1 N–H and O–H groups in total. The molecule has 0 aliphatic heterocycles. The number of hydrogen-bond donors (Lipinski definition) is 1. The second-order valence-corrected chi connectivity index (χ2v) is 7.78. The molecule has 4 nitrogen and oxygen atoms in total. The van der Waals surface area contributed by atoms with E-state index >= 15 is 0 Å². The molecule has 0 fully saturated rings. The van der Waals surface area contributed by atoms with E-state index in [9.17, 15) is 14.3 Å². The van der Waals surface area contributed by atoms with Crippen molar-refractivity contribution in [3.63, 3.8) is 0 Å². The average molecular weight is 406 g/mol. The number of carboxylic acids is 1. The molecule has 1 heterocycles. The number of aliphatic carboxylic acids is 1. The van der Waals surface area contributed by atoms with E-state index in [2.05, 4.69) is 4.98 Å². The smallest absolute Gasteiger partial charge is 0.304 e. The Labute approximate surface area is 165 Å². The summed E-state index contributed by atoms with van der Waals surface area (Å²) in [7, 11) is 1.47. The lowest BCUT2D eigenvalue weighted by Crippen LogP contribution is -2.08. The highest BCUT2D eigenvalue weighted by Gasteiger charge is 2.22. The van der Waals surface area contributed by atoms with Gasteiger partial charge in [-0.25, -0.2) is 9.37 Å². The summed E-state index contributed by atoms with van der Waals surface area (Å²) in [5, 5.41) is 10.5. The Hall–Kier alpha value is -2.44. The van der Waals surface area contributed by atoms with Crippen LogP contribution in [0.5, 0.6) is 5.75 Å². The number of methoxy groups -OCH3 is 1. The molecule has 0 saturated heterocycles. The summed E-state index contributed by atoms with van der Waals surface area (Å²) >= 11 is 7.78. The molecule has 0 spiro atoms. The minimum atomic E-state index is -0.922. The first-order chi connectivity index (χ1) is 12.9. The van der Waals surface area contributed by atoms with E-state index in [4.69, 9.17) is 16.3 Å². The van der Waals surface area contributed by atoms with Crippen LogP contribution in [0, 0.1) is 12.7 Å². The van der Waals surface area contributed by atoms with Gasteiger partial charge >= 0.3 is 5.97 Å². The van der Waals surface area contributed by atoms with Crippen LogP contribution in [0.2, 0.25) is 5.02 Å². The number of ether oxygens (including phenoxy) is 1. The summed E-state index contributed by atoms with van der Waals surface area (Å²) in [6, 6.07) is 9.60. The molecule has 140 valence electrons. The predicted molar refractivity (Wildman–Crippen MR) is 104 cm³/mol. The maximum Gasteiger partial charge on any atom is 0.304 e. The van der Waals surface area contributed by atoms with Crippen molar-refractivity contribution in [2.75, 3.05) is 7.11 Å².